The summed E-state index contributed by atoms with van der Waals surface area (Å²) in [4.78, 5) is 19.0. The minimum atomic E-state index is 0.0345. The Bertz CT molecular complexity index is 3120. The van der Waals surface area contributed by atoms with Gasteiger partial charge in [0.1, 0.15) is 23.0 Å². The van der Waals surface area contributed by atoms with E-state index in [2.05, 4.69) is 147 Å². The van der Waals surface area contributed by atoms with Gasteiger partial charge in [0.15, 0.2) is 28.8 Å². The molecule has 422 valence electrons. The highest BCUT2D eigenvalue weighted by Crippen LogP contribution is 2.54. The van der Waals surface area contributed by atoms with Crippen LogP contribution in [0.5, 0.6) is 46.0 Å². The highest BCUT2D eigenvalue weighted by atomic mass is 16.5. The number of hydrogen-bond acceptors (Lipinski definition) is 9. The highest BCUT2D eigenvalue weighted by molar-refractivity contribution is 6.22. The third-order valence-electron chi connectivity index (χ3n) is 15.9. The Morgan fingerprint density at radius 1 is 0.305 bits per heavy atom. The maximum Gasteiger partial charge on any atom is 0.194 e. The monoisotopic (exact) mass is 1090 g/mol. The van der Waals surface area contributed by atoms with E-state index in [0.717, 1.165) is 165 Å². The predicted molar refractivity (Wildman–Crippen MR) is 334 cm³/mol. The Morgan fingerprint density at radius 3 is 0.890 bits per heavy atom. The summed E-state index contributed by atoms with van der Waals surface area (Å²) in [6.45, 7) is 11.6. The second kappa shape index (κ2) is 26.6. The third kappa shape index (κ3) is 12.5. The predicted octanol–water partition coefficient (Wildman–Crippen LogP) is 21.2. The van der Waals surface area contributed by atoms with E-state index < -0.39 is 0 Å². The van der Waals surface area contributed by atoms with Crippen LogP contribution in [0.2, 0.25) is 0 Å². The molecule has 11 rings (SSSR count). The van der Waals surface area contributed by atoms with E-state index in [1.165, 1.54) is 51.4 Å². The van der Waals surface area contributed by atoms with Crippen molar-refractivity contribution in [1.82, 2.24) is 0 Å². The molecule has 0 saturated heterocycles. The Kier molecular flexibility index (Phi) is 18.1. The fourth-order valence-corrected chi connectivity index (χ4v) is 11.4. The van der Waals surface area contributed by atoms with E-state index in [9.17, 15) is 4.79 Å². The van der Waals surface area contributed by atoms with Gasteiger partial charge in [-0.15, -0.1) is 0 Å². The van der Waals surface area contributed by atoms with Gasteiger partial charge in [0, 0.05) is 46.8 Å². The molecule has 3 aliphatic rings. The van der Waals surface area contributed by atoms with Crippen LogP contribution in [0.4, 0.5) is 34.1 Å². The molecule has 0 amide bonds. The van der Waals surface area contributed by atoms with Crippen molar-refractivity contribution in [2.75, 3.05) is 36.2 Å². The molecule has 82 heavy (non-hydrogen) atoms. The SMILES string of the molecule is CCCCCCOc1ccc2c(c1)Oc1cc(OCCCCCC)ccc1N2c1ccc(-c2ccc3c(c2)C(=O)c2cc(-c4ccc(N5c6ccc(OCCCCCC)cc6Oc6cc(OCCCCCC)ccc65)cc4)ccc2-3)cc1. The lowest BCUT2D eigenvalue weighted by Crippen LogP contribution is -2.16. The zero-order chi connectivity index (χ0) is 56.2. The second-order valence-electron chi connectivity index (χ2n) is 22.0. The van der Waals surface area contributed by atoms with Gasteiger partial charge in [-0.3, -0.25) is 4.79 Å². The first-order chi connectivity index (χ1) is 40.4. The molecule has 0 unspecified atom stereocenters. The van der Waals surface area contributed by atoms with Crippen molar-refractivity contribution in [2.45, 2.75) is 130 Å². The van der Waals surface area contributed by atoms with E-state index in [4.69, 9.17) is 28.4 Å². The van der Waals surface area contributed by atoms with Crippen LogP contribution >= 0.6 is 0 Å². The van der Waals surface area contributed by atoms with E-state index in [-0.39, 0.29) is 5.78 Å². The van der Waals surface area contributed by atoms with Crippen molar-refractivity contribution < 1.29 is 33.2 Å². The van der Waals surface area contributed by atoms with Crippen LogP contribution in [-0.2, 0) is 0 Å². The number of rotatable bonds is 28. The zero-order valence-corrected chi connectivity index (χ0v) is 48.4. The number of carbonyl (C=O) groups excluding carboxylic acids is 1. The quantitative estimate of drug-likeness (QED) is 0.0446. The normalized spacial score (nSPS) is 12.6. The number of fused-ring (bicyclic) bond motifs is 7. The maximum absolute atomic E-state index is 14.5. The topological polar surface area (TPSA) is 78.9 Å². The van der Waals surface area contributed by atoms with Gasteiger partial charge in [-0.1, -0.05) is 153 Å². The van der Waals surface area contributed by atoms with Crippen molar-refractivity contribution in [1.29, 1.82) is 0 Å². The molecular formula is C73H78N2O7. The second-order valence-corrected chi connectivity index (χ2v) is 22.0. The summed E-state index contributed by atoms with van der Waals surface area (Å²) in [5.74, 6) is 6.11. The molecule has 9 nitrogen and oxygen atoms in total. The molecule has 0 bridgehead atoms. The van der Waals surface area contributed by atoms with E-state index in [0.29, 0.717) is 37.6 Å². The largest absolute Gasteiger partial charge is 0.493 e. The lowest BCUT2D eigenvalue weighted by Gasteiger charge is -2.33. The van der Waals surface area contributed by atoms with Crippen molar-refractivity contribution in [3.63, 3.8) is 0 Å². The number of anilines is 6. The van der Waals surface area contributed by atoms with Gasteiger partial charge in [0.2, 0.25) is 0 Å². The molecular weight excluding hydrogens is 1020 g/mol. The van der Waals surface area contributed by atoms with Crippen molar-refractivity contribution >= 4 is 39.9 Å². The number of ketones is 1. The molecule has 8 aromatic carbocycles. The first-order valence-corrected chi connectivity index (χ1v) is 30.5. The summed E-state index contributed by atoms with van der Waals surface area (Å²) in [5, 5.41) is 0. The molecule has 9 heteroatoms. The minimum Gasteiger partial charge on any atom is -0.493 e. The van der Waals surface area contributed by atoms with Crippen LogP contribution < -0.4 is 38.2 Å². The van der Waals surface area contributed by atoms with Crippen LogP contribution in [0.3, 0.4) is 0 Å². The van der Waals surface area contributed by atoms with Crippen molar-refractivity contribution in [2.24, 2.45) is 0 Å². The van der Waals surface area contributed by atoms with Crippen LogP contribution in [0.25, 0.3) is 33.4 Å². The molecule has 0 radical (unpaired) electrons. The molecule has 0 saturated carbocycles. The Balaban J connectivity index is 0.815. The molecule has 8 aromatic rings. The zero-order valence-electron chi connectivity index (χ0n) is 48.4. The van der Waals surface area contributed by atoms with Crippen LogP contribution in [0.15, 0.2) is 158 Å². The lowest BCUT2D eigenvalue weighted by molar-refractivity contribution is 0.104. The number of ether oxygens (including phenoxy) is 6. The summed E-state index contributed by atoms with van der Waals surface area (Å²) in [6.07, 6.45) is 18.3. The highest BCUT2D eigenvalue weighted by Gasteiger charge is 2.31. The van der Waals surface area contributed by atoms with Crippen LogP contribution in [0, 0.1) is 0 Å². The number of carbonyl (C=O) groups is 1. The first kappa shape index (κ1) is 55.7. The van der Waals surface area contributed by atoms with E-state index in [1.807, 2.05) is 48.5 Å². The molecule has 0 atom stereocenters. The van der Waals surface area contributed by atoms with E-state index in [1.54, 1.807) is 0 Å². The van der Waals surface area contributed by atoms with Crippen LogP contribution in [-0.4, -0.2) is 32.2 Å². The average molecular weight is 1100 g/mol. The number of hydrogen-bond donors (Lipinski definition) is 0. The smallest absolute Gasteiger partial charge is 0.194 e. The number of nitrogens with zero attached hydrogens (tertiary/aromatic N) is 2. The molecule has 1 aliphatic carbocycles. The summed E-state index contributed by atoms with van der Waals surface area (Å²) in [6, 6.07) is 54.2. The summed E-state index contributed by atoms with van der Waals surface area (Å²) in [5.41, 5.74) is 13.0. The summed E-state index contributed by atoms with van der Waals surface area (Å²) < 4.78 is 38.2. The van der Waals surface area contributed by atoms with Gasteiger partial charge in [-0.2, -0.15) is 0 Å². The maximum atomic E-state index is 14.5. The van der Waals surface area contributed by atoms with Gasteiger partial charge < -0.3 is 38.2 Å². The standard InChI is InChI=1S/C73H78N2O7/c1-5-9-13-17-41-77-57-31-37-65-69(47-57)81-70-48-58(78-42-18-14-10-6-2)32-38-66(70)74(65)55-27-21-51(22-28-55)53-25-35-61-62-36-26-54(46-64(62)73(76)63(61)45-53)52-23-29-56(30-24-52)75-67-39-33-59(79-43-19-15-11-7-3)49-71(67)82-72-50-60(34-40-68(72)75)80-44-20-16-12-8-4/h21-40,45-50H,5-20,41-44H2,1-4H3. The van der Waals surface area contributed by atoms with Gasteiger partial charge in [0.25, 0.3) is 0 Å². The molecule has 0 spiro atoms. The first-order valence-electron chi connectivity index (χ1n) is 30.5. The number of benzene rings is 8. The molecule has 0 fully saturated rings. The van der Waals surface area contributed by atoms with Gasteiger partial charge >= 0.3 is 0 Å². The Hall–Kier alpha value is -8.17. The molecule has 2 heterocycles. The Morgan fingerprint density at radius 2 is 0.598 bits per heavy atom. The van der Waals surface area contributed by atoms with Gasteiger partial charge in [0.05, 0.1) is 49.2 Å². The third-order valence-corrected chi connectivity index (χ3v) is 15.9. The fourth-order valence-electron chi connectivity index (χ4n) is 11.4. The summed E-state index contributed by atoms with van der Waals surface area (Å²) >= 11 is 0. The fraction of sp³-hybridized carbons (Fsp3) is 0.329. The van der Waals surface area contributed by atoms with Crippen molar-refractivity contribution in [3.8, 4) is 79.4 Å². The Labute approximate surface area is 485 Å². The van der Waals surface area contributed by atoms with Gasteiger partial charge in [-0.05, 0) is 144 Å². The van der Waals surface area contributed by atoms with Gasteiger partial charge in [-0.25, -0.2) is 0 Å². The van der Waals surface area contributed by atoms with Crippen LogP contribution in [0.1, 0.15) is 146 Å². The molecule has 0 aromatic heterocycles. The molecule has 2 aliphatic heterocycles. The van der Waals surface area contributed by atoms with Crippen molar-refractivity contribution in [3.05, 3.63) is 169 Å². The number of unbranched alkanes of at least 4 members (excludes halogenated alkanes) is 12. The lowest BCUT2D eigenvalue weighted by atomic mass is 9.97. The minimum absolute atomic E-state index is 0.0345. The van der Waals surface area contributed by atoms with E-state index >= 15 is 0 Å². The molecule has 0 N–H and O–H groups in total. The average Bonchev–Trinajstić information content (AvgIpc) is 3.93. The summed E-state index contributed by atoms with van der Waals surface area (Å²) in [7, 11) is 0.